The summed E-state index contributed by atoms with van der Waals surface area (Å²) in [6.07, 6.45) is 3.43. The molecule has 3 fully saturated rings. The van der Waals surface area contributed by atoms with Gasteiger partial charge >= 0.3 is 6.03 Å². The second-order valence-electron chi connectivity index (χ2n) is 6.24. The molecular formula is C13H24N4O2. The van der Waals surface area contributed by atoms with E-state index in [-0.39, 0.29) is 11.6 Å². The molecule has 0 aromatic heterocycles. The number of rotatable bonds is 4. The summed E-state index contributed by atoms with van der Waals surface area (Å²) in [5, 5.41) is 6.24. The van der Waals surface area contributed by atoms with Crippen LogP contribution in [0.4, 0.5) is 4.79 Å². The first-order chi connectivity index (χ1) is 9.17. The first kappa shape index (κ1) is 13.1. The molecule has 6 heteroatoms. The number of amides is 2. The lowest BCUT2D eigenvalue weighted by molar-refractivity contribution is -0.125. The van der Waals surface area contributed by atoms with E-state index in [1.165, 1.54) is 12.8 Å². The minimum absolute atomic E-state index is 0.0439. The summed E-state index contributed by atoms with van der Waals surface area (Å²) in [6, 6.07) is 0.0439. The normalized spacial score (nSPS) is 26.9. The predicted molar refractivity (Wildman–Crippen MR) is 71.9 cm³/mol. The van der Waals surface area contributed by atoms with Gasteiger partial charge in [0.15, 0.2) is 0 Å². The third-order valence-electron chi connectivity index (χ3n) is 4.75. The van der Waals surface area contributed by atoms with E-state index in [1.54, 1.807) is 0 Å². The molecule has 1 spiro atoms. The molecule has 0 aromatic carbocycles. The first-order valence-corrected chi connectivity index (χ1v) is 7.25. The lowest BCUT2D eigenvalue weighted by Gasteiger charge is -2.48. The van der Waals surface area contributed by atoms with Gasteiger partial charge in [0.1, 0.15) is 5.60 Å². The van der Waals surface area contributed by atoms with E-state index < -0.39 is 0 Å². The fraction of sp³-hybridized carbons (Fsp3) is 0.923. The van der Waals surface area contributed by atoms with Crippen LogP contribution in [-0.2, 0) is 4.74 Å². The Kier molecular flexibility index (Phi) is 3.41. The van der Waals surface area contributed by atoms with Crippen molar-refractivity contribution < 1.29 is 9.53 Å². The van der Waals surface area contributed by atoms with Gasteiger partial charge in [0.05, 0.1) is 13.2 Å². The smallest absolute Gasteiger partial charge is 0.317 e. The number of carbonyl (C=O) groups excluding carboxylic acids is 1. The molecule has 3 aliphatic rings. The van der Waals surface area contributed by atoms with Crippen molar-refractivity contribution in [1.29, 1.82) is 0 Å². The van der Waals surface area contributed by atoms with Crippen molar-refractivity contribution in [3.63, 3.8) is 0 Å². The molecule has 2 aliphatic heterocycles. The van der Waals surface area contributed by atoms with Gasteiger partial charge in [-0.15, -0.1) is 0 Å². The Morgan fingerprint density at radius 1 is 1.42 bits per heavy atom. The van der Waals surface area contributed by atoms with Crippen molar-refractivity contribution in [2.24, 2.45) is 11.1 Å². The fourth-order valence-corrected chi connectivity index (χ4v) is 2.92. The Balaban J connectivity index is 1.42. The Morgan fingerprint density at radius 3 is 2.79 bits per heavy atom. The number of urea groups is 1. The van der Waals surface area contributed by atoms with Gasteiger partial charge in [-0.3, -0.25) is 0 Å². The first-order valence-electron chi connectivity index (χ1n) is 7.25. The highest BCUT2D eigenvalue weighted by molar-refractivity contribution is 5.74. The molecule has 6 nitrogen and oxygen atoms in total. The fourth-order valence-electron chi connectivity index (χ4n) is 2.92. The Labute approximate surface area is 114 Å². The number of ether oxygens (including phenoxy) is 1. The van der Waals surface area contributed by atoms with Gasteiger partial charge in [0, 0.05) is 26.2 Å². The highest BCUT2D eigenvalue weighted by Gasteiger charge is 2.44. The maximum absolute atomic E-state index is 12.1. The molecule has 0 radical (unpaired) electrons. The van der Waals surface area contributed by atoms with Crippen LogP contribution in [0.2, 0.25) is 0 Å². The van der Waals surface area contributed by atoms with Gasteiger partial charge in [-0.1, -0.05) is 0 Å². The summed E-state index contributed by atoms with van der Waals surface area (Å²) in [6.45, 7) is 5.22. The molecule has 0 atom stereocenters. The van der Waals surface area contributed by atoms with E-state index in [0.717, 1.165) is 32.6 Å². The number of morpholine rings is 1. The summed E-state index contributed by atoms with van der Waals surface area (Å²) in [4.78, 5) is 14.0. The van der Waals surface area contributed by atoms with Crippen molar-refractivity contribution in [2.45, 2.75) is 24.9 Å². The SMILES string of the molecule is NCC1(CCNC(=O)N2CCOC3(CNC3)C2)CC1. The molecule has 0 aromatic rings. The van der Waals surface area contributed by atoms with E-state index in [0.29, 0.717) is 25.1 Å². The Bertz CT molecular complexity index is 353. The molecule has 19 heavy (non-hydrogen) atoms. The second kappa shape index (κ2) is 4.92. The summed E-state index contributed by atoms with van der Waals surface area (Å²) in [7, 11) is 0. The van der Waals surface area contributed by atoms with E-state index in [1.807, 2.05) is 4.90 Å². The molecular weight excluding hydrogens is 244 g/mol. The van der Waals surface area contributed by atoms with Gasteiger partial charge in [-0.05, 0) is 31.2 Å². The van der Waals surface area contributed by atoms with Crippen LogP contribution in [0.25, 0.3) is 0 Å². The van der Waals surface area contributed by atoms with E-state index in [2.05, 4.69) is 10.6 Å². The third kappa shape index (κ3) is 2.70. The van der Waals surface area contributed by atoms with Crippen LogP contribution < -0.4 is 16.4 Å². The van der Waals surface area contributed by atoms with Gasteiger partial charge in [0.25, 0.3) is 0 Å². The van der Waals surface area contributed by atoms with E-state index >= 15 is 0 Å². The molecule has 3 rings (SSSR count). The molecule has 4 N–H and O–H groups in total. The molecule has 2 heterocycles. The van der Waals surface area contributed by atoms with Crippen LogP contribution in [0, 0.1) is 5.41 Å². The Morgan fingerprint density at radius 2 is 2.21 bits per heavy atom. The number of nitrogens with zero attached hydrogens (tertiary/aromatic N) is 1. The topological polar surface area (TPSA) is 79.6 Å². The number of nitrogens with two attached hydrogens (primary N) is 1. The average molecular weight is 268 g/mol. The maximum Gasteiger partial charge on any atom is 0.317 e. The summed E-state index contributed by atoms with van der Waals surface area (Å²) in [5.74, 6) is 0. The number of carbonyl (C=O) groups is 1. The maximum atomic E-state index is 12.1. The van der Waals surface area contributed by atoms with E-state index in [9.17, 15) is 4.79 Å². The van der Waals surface area contributed by atoms with Gasteiger partial charge in [-0.2, -0.15) is 0 Å². The zero-order valence-electron chi connectivity index (χ0n) is 11.4. The minimum Gasteiger partial charge on any atom is -0.369 e. The van der Waals surface area contributed by atoms with Crippen LogP contribution in [0.5, 0.6) is 0 Å². The molecule has 108 valence electrons. The minimum atomic E-state index is -0.120. The van der Waals surface area contributed by atoms with Crippen LogP contribution in [0.15, 0.2) is 0 Å². The molecule has 2 saturated heterocycles. The second-order valence-corrected chi connectivity index (χ2v) is 6.24. The highest BCUT2D eigenvalue weighted by atomic mass is 16.5. The average Bonchev–Trinajstić information content (AvgIpc) is 3.17. The van der Waals surface area contributed by atoms with Crippen LogP contribution in [-0.4, -0.2) is 62.4 Å². The molecule has 1 aliphatic carbocycles. The van der Waals surface area contributed by atoms with Crippen molar-refractivity contribution in [2.75, 3.05) is 45.9 Å². The zero-order chi connectivity index (χ0) is 13.3. The molecule has 1 saturated carbocycles. The van der Waals surface area contributed by atoms with Gasteiger partial charge in [0.2, 0.25) is 0 Å². The molecule has 2 amide bonds. The monoisotopic (exact) mass is 268 g/mol. The van der Waals surface area contributed by atoms with Crippen molar-refractivity contribution in [3.8, 4) is 0 Å². The number of nitrogens with one attached hydrogen (secondary N) is 2. The summed E-state index contributed by atoms with van der Waals surface area (Å²) < 4.78 is 5.77. The number of hydrogen-bond donors (Lipinski definition) is 3. The summed E-state index contributed by atoms with van der Waals surface area (Å²) >= 11 is 0. The van der Waals surface area contributed by atoms with Crippen LogP contribution in [0.3, 0.4) is 0 Å². The van der Waals surface area contributed by atoms with Crippen molar-refractivity contribution in [1.82, 2.24) is 15.5 Å². The van der Waals surface area contributed by atoms with E-state index in [4.69, 9.17) is 10.5 Å². The highest BCUT2D eigenvalue weighted by Crippen LogP contribution is 2.47. The van der Waals surface area contributed by atoms with Crippen LogP contribution >= 0.6 is 0 Å². The third-order valence-corrected chi connectivity index (χ3v) is 4.75. The molecule has 0 bridgehead atoms. The van der Waals surface area contributed by atoms with Gasteiger partial charge < -0.3 is 26.0 Å². The van der Waals surface area contributed by atoms with Gasteiger partial charge in [-0.25, -0.2) is 4.79 Å². The van der Waals surface area contributed by atoms with Crippen molar-refractivity contribution in [3.05, 3.63) is 0 Å². The Hall–Kier alpha value is -0.850. The predicted octanol–water partition coefficient (Wildman–Crippen LogP) is -0.501. The lowest BCUT2D eigenvalue weighted by atomic mass is 9.95. The van der Waals surface area contributed by atoms with Crippen molar-refractivity contribution >= 4 is 6.03 Å². The summed E-state index contributed by atoms with van der Waals surface area (Å²) in [5.41, 5.74) is 5.95. The standard InChI is InChI=1S/C13H24N4O2/c14-7-12(1-2-12)3-4-16-11(18)17-5-6-19-13(10-17)8-15-9-13/h15H,1-10,14H2,(H,16,18). The van der Waals surface area contributed by atoms with Crippen LogP contribution in [0.1, 0.15) is 19.3 Å². The largest absolute Gasteiger partial charge is 0.369 e. The molecule has 0 unspecified atom stereocenters. The number of hydrogen-bond acceptors (Lipinski definition) is 4. The lowest BCUT2D eigenvalue weighted by Crippen LogP contribution is -2.70. The zero-order valence-corrected chi connectivity index (χ0v) is 11.4. The quantitative estimate of drug-likeness (QED) is 0.642.